The van der Waals surface area contributed by atoms with E-state index in [1.165, 1.54) is 5.56 Å². The van der Waals surface area contributed by atoms with Gasteiger partial charge in [0.2, 0.25) is 0 Å². The monoisotopic (exact) mass is 332 g/mol. The zero-order chi connectivity index (χ0) is 18.0. The lowest BCUT2D eigenvalue weighted by molar-refractivity contribution is 0.00132. The maximum absolute atomic E-state index is 12.3. The van der Waals surface area contributed by atoms with Crippen LogP contribution in [0, 0.1) is 5.41 Å². The van der Waals surface area contributed by atoms with Crippen LogP contribution in [-0.2, 0) is 4.74 Å². The van der Waals surface area contributed by atoms with Gasteiger partial charge < -0.3 is 15.0 Å². The summed E-state index contributed by atoms with van der Waals surface area (Å²) in [6, 6.07) is 11.2. The third-order valence-corrected chi connectivity index (χ3v) is 4.63. The van der Waals surface area contributed by atoms with E-state index in [0.29, 0.717) is 18.6 Å². The van der Waals surface area contributed by atoms with E-state index in [9.17, 15) is 4.79 Å². The minimum Gasteiger partial charge on any atom is -0.444 e. The molecule has 2 rings (SSSR count). The van der Waals surface area contributed by atoms with Crippen molar-refractivity contribution in [1.82, 2.24) is 10.2 Å². The number of nitrogens with zero attached hydrogens (tertiary/aromatic N) is 1. The molecule has 1 amide bonds. The standard InChI is InChI=1S/C20H32N2O2/c1-15(16-10-8-7-9-11-16)21-17-12-13-22(14-20(17,5)6)18(23)24-19(2,3)4/h7-11,15,17,21H,12-14H2,1-6H3/t15-,17?/m0/s1. The number of ether oxygens (including phenoxy) is 1. The summed E-state index contributed by atoms with van der Waals surface area (Å²) in [6.45, 7) is 13.8. The van der Waals surface area contributed by atoms with Crippen molar-refractivity contribution in [3.8, 4) is 0 Å². The quantitative estimate of drug-likeness (QED) is 0.893. The van der Waals surface area contributed by atoms with Gasteiger partial charge in [0, 0.05) is 25.2 Å². The molecule has 1 heterocycles. The smallest absolute Gasteiger partial charge is 0.410 e. The number of carbonyl (C=O) groups is 1. The van der Waals surface area contributed by atoms with Crippen molar-refractivity contribution in [1.29, 1.82) is 0 Å². The van der Waals surface area contributed by atoms with E-state index in [1.807, 2.05) is 31.7 Å². The number of benzene rings is 1. The second-order valence-corrected chi connectivity index (χ2v) is 8.53. The first-order valence-electron chi connectivity index (χ1n) is 8.87. The van der Waals surface area contributed by atoms with Crippen molar-refractivity contribution in [2.24, 2.45) is 5.41 Å². The topological polar surface area (TPSA) is 41.6 Å². The Morgan fingerprint density at radius 1 is 1.29 bits per heavy atom. The lowest BCUT2D eigenvalue weighted by Gasteiger charge is -2.45. The number of rotatable bonds is 3. The largest absolute Gasteiger partial charge is 0.444 e. The molecule has 4 nitrogen and oxygen atoms in total. The molecule has 0 bridgehead atoms. The summed E-state index contributed by atoms with van der Waals surface area (Å²) in [6.07, 6.45) is 0.730. The van der Waals surface area contributed by atoms with Crippen LogP contribution in [0.4, 0.5) is 4.79 Å². The minimum atomic E-state index is -0.446. The summed E-state index contributed by atoms with van der Waals surface area (Å²) in [4.78, 5) is 14.2. The van der Waals surface area contributed by atoms with Crippen LogP contribution in [0.5, 0.6) is 0 Å². The van der Waals surface area contributed by atoms with Crippen LogP contribution in [0.1, 0.15) is 59.6 Å². The highest BCUT2D eigenvalue weighted by molar-refractivity contribution is 5.68. The molecule has 0 spiro atoms. The molecule has 2 atom stereocenters. The fourth-order valence-electron chi connectivity index (χ4n) is 3.29. The molecule has 1 aliphatic heterocycles. The summed E-state index contributed by atoms with van der Waals surface area (Å²) >= 11 is 0. The fraction of sp³-hybridized carbons (Fsp3) is 0.650. The highest BCUT2D eigenvalue weighted by Gasteiger charge is 2.39. The molecule has 0 radical (unpaired) electrons. The molecule has 1 N–H and O–H groups in total. The molecule has 1 saturated heterocycles. The lowest BCUT2D eigenvalue weighted by atomic mass is 9.78. The Hall–Kier alpha value is -1.55. The second kappa shape index (κ2) is 7.14. The van der Waals surface area contributed by atoms with Crippen molar-refractivity contribution < 1.29 is 9.53 Å². The molecule has 0 saturated carbocycles. The van der Waals surface area contributed by atoms with Crippen LogP contribution < -0.4 is 5.32 Å². The molecule has 1 aromatic carbocycles. The van der Waals surface area contributed by atoms with Gasteiger partial charge in [0.15, 0.2) is 0 Å². The Morgan fingerprint density at radius 2 is 1.92 bits per heavy atom. The summed E-state index contributed by atoms with van der Waals surface area (Å²) < 4.78 is 5.52. The highest BCUT2D eigenvalue weighted by Crippen LogP contribution is 2.32. The number of hydrogen-bond donors (Lipinski definition) is 1. The molecule has 1 unspecified atom stereocenters. The van der Waals surface area contributed by atoms with E-state index in [2.05, 4.69) is 50.4 Å². The number of piperidine rings is 1. The average Bonchev–Trinajstić information content (AvgIpc) is 2.48. The van der Waals surface area contributed by atoms with Crippen molar-refractivity contribution in [3.63, 3.8) is 0 Å². The Balaban J connectivity index is 1.97. The summed E-state index contributed by atoms with van der Waals surface area (Å²) in [5.41, 5.74) is 0.846. The molecular formula is C20H32N2O2. The van der Waals surface area contributed by atoms with E-state index >= 15 is 0 Å². The van der Waals surface area contributed by atoms with E-state index in [-0.39, 0.29) is 11.5 Å². The van der Waals surface area contributed by atoms with Gasteiger partial charge in [0.05, 0.1) is 0 Å². The zero-order valence-corrected chi connectivity index (χ0v) is 15.9. The molecule has 24 heavy (non-hydrogen) atoms. The molecule has 134 valence electrons. The van der Waals surface area contributed by atoms with Crippen molar-refractivity contribution in [3.05, 3.63) is 35.9 Å². The number of carbonyl (C=O) groups excluding carboxylic acids is 1. The lowest BCUT2D eigenvalue weighted by Crippen LogP contribution is -2.56. The van der Waals surface area contributed by atoms with Gasteiger partial charge in [0.1, 0.15) is 5.60 Å². The van der Waals surface area contributed by atoms with Crippen LogP contribution in [0.15, 0.2) is 30.3 Å². The molecule has 1 fully saturated rings. The average molecular weight is 332 g/mol. The Labute approximate surface area is 146 Å². The molecular weight excluding hydrogens is 300 g/mol. The second-order valence-electron chi connectivity index (χ2n) is 8.53. The normalized spacial score (nSPS) is 22.1. The van der Waals surface area contributed by atoms with Crippen molar-refractivity contribution in [2.75, 3.05) is 13.1 Å². The van der Waals surface area contributed by atoms with Gasteiger partial charge in [-0.25, -0.2) is 4.79 Å². The summed E-state index contributed by atoms with van der Waals surface area (Å²) in [7, 11) is 0. The van der Waals surface area contributed by atoms with Crippen LogP contribution in [0.3, 0.4) is 0 Å². The maximum Gasteiger partial charge on any atom is 0.410 e. The van der Waals surface area contributed by atoms with Crippen molar-refractivity contribution >= 4 is 6.09 Å². The molecule has 0 aliphatic carbocycles. The van der Waals surface area contributed by atoms with Gasteiger partial charge in [-0.1, -0.05) is 44.2 Å². The Kier molecular flexibility index (Phi) is 5.59. The highest BCUT2D eigenvalue weighted by atomic mass is 16.6. The van der Waals surface area contributed by atoms with E-state index < -0.39 is 5.60 Å². The van der Waals surface area contributed by atoms with E-state index in [1.54, 1.807) is 0 Å². The van der Waals surface area contributed by atoms with Gasteiger partial charge in [-0.15, -0.1) is 0 Å². The first-order chi connectivity index (χ1) is 11.1. The minimum absolute atomic E-state index is 0.00179. The Bertz CT molecular complexity index is 549. The van der Waals surface area contributed by atoms with Gasteiger partial charge in [-0.05, 0) is 45.1 Å². The number of amides is 1. The number of likely N-dealkylation sites (tertiary alicyclic amines) is 1. The SMILES string of the molecule is C[C@H](NC1CCN(C(=O)OC(C)(C)C)CC1(C)C)c1ccccc1. The Morgan fingerprint density at radius 3 is 2.46 bits per heavy atom. The predicted molar refractivity (Wildman–Crippen MR) is 98.0 cm³/mol. The zero-order valence-electron chi connectivity index (χ0n) is 15.9. The third-order valence-electron chi connectivity index (χ3n) is 4.63. The van der Waals surface area contributed by atoms with Gasteiger partial charge in [-0.3, -0.25) is 0 Å². The van der Waals surface area contributed by atoms with E-state index in [0.717, 1.165) is 13.0 Å². The predicted octanol–water partition coefficient (Wildman–Crippen LogP) is 4.37. The fourth-order valence-corrected chi connectivity index (χ4v) is 3.29. The van der Waals surface area contributed by atoms with Crippen LogP contribution >= 0.6 is 0 Å². The molecule has 4 heteroatoms. The third kappa shape index (κ3) is 4.97. The van der Waals surface area contributed by atoms with Gasteiger partial charge >= 0.3 is 6.09 Å². The van der Waals surface area contributed by atoms with Gasteiger partial charge in [0.25, 0.3) is 0 Å². The van der Waals surface area contributed by atoms with E-state index in [4.69, 9.17) is 4.74 Å². The first-order valence-corrected chi connectivity index (χ1v) is 8.87. The molecule has 1 aliphatic rings. The maximum atomic E-state index is 12.3. The van der Waals surface area contributed by atoms with Crippen LogP contribution in [-0.4, -0.2) is 35.7 Å². The molecule has 1 aromatic rings. The first kappa shape index (κ1) is 18.8. The number of nitrogens with one attached hydrogen (secondary N) is 1. The summed E-state index contributed by atoms with van der Waals surface area (Å²) in [5.74, 6) is 0. The van der Waals surface area contributed by atoms with Crippen LogP contribution in [0.2, 0.25) is 0 Å². The number of hydrogen-bond acceptors (Lipinski definition) is 3. The molecule has 0 aromatic heterocycles. The van der Waals surface area contributed by atoms with Crippen LogP contribution in [0.25, 0.3) is 0 Å². The van der Waals surface area contributed by atoms with Crippen molar-refractivity contribution in [2.45, 2.75) is 65.6 Å². The van der Waals surface area contributed by atoms with Gasteiger partial charge in [-0.2, -0.15) is 0 Å². The summed E-state index contributed by atoms with van der Waals surface area (Å²) in [5, 5.41) is 3.75.